The lowest BCUT2D eigenvalue weighted by atomic mass is 9.44. The molecule has 2 nitrogen and oxygen atoms in total. The Morgan fingerprint density at radius 1 is 0.935 bits per heavy atom. The van der Waals surface area contributed by atoms with Gasteiger partial charge in [-0.1, -0.05) is 66.7 Å². The first-order chi connectivity index (χ1) is 14.5. The Balaban J connectivity index is 1.62. The van der Waals surface area contributed by atoms with Crippen molar-refractivity contribution in [1.82, 2.24) is 0 Å². The maximum Gasteiger partial charge on any atom is 0.161 e. The summed E-state index contributed by atoms with van der Waals surface area (Å²) in [4.78, 5) is 13.0. The molecule has 0 heterocycles. The van der Waals surface area contributed by atoms with Crippen LogP contribution >= 0.6 is 0 Å². The van der Waals surface area contributed by atoms with E-state index < -0.39 is 5.60 Å². The average molecular weight is 431 g/mol. The molecule has 1 N–H and O–H groups in total. The summed E-state index contributed by atoms with van der Waals surface area (Å²) in [6.07, 6.45) is 15.3. The molecule has 0 aromatic carbocycles. The van der Waals surface area contributed by atoms with E-state index in [0.717, 1.165) is 36.5 Å². The van der Waals surface area contributed by atoms with Gasteiger partial charge < -0.3 is 5.11 Å². The number of hydrogen-bond donors (Lipinski definition) is 1. The van der Waals surface area contributed by atoms with Crippen LogP contribution in [-0.4, -0.2) is 16.5 Å². The average Bonchev–Trinajstić information content (AvgIpc) is 2.95. The number of carbonyl (C=O) groups is 1. The van der Waals surface area contributed by atoms with Crippen molar-refractivity contribution in [3.63, 3.8) is 0 Å². The zero-order valence-electron chi connectivity index (χ0n) is 21.4. The van der Waals surface area contributed by atoms with E-state index >= 15 is 0 Å². The molecule has 2 heteroatoms. The van der Waals surface area contributed by atoms with E-state index in [-0.39, 0.29) is 17.1 Å². The molecule has 0 aliphatic heterocycles. The quantitative estimate of drug-likeness (QED) is 0.476. The first kappa shape index (κ1) is 23.8. The van der Waals surface area contributed by atoms with Crippen LogP contribution < -0.4 is 0 Å². The van der Waals surface area contributed by atoms with Crippen LogP contribution in [0.4, 0.5) is 0 Å². The predicted octanol–water partition coefficient (Wildman–Crippen LogP) is 7.43. The van der Waals surface area contributed by atoms with E-state index in [4.69, 9.17) is 0 Å². The van der Waals surface area contributed by atoms with Crippen molar-refractivity contribution in [3.8, 4) is 0 Å². The fourth-order valence-electron chi connectivity index (χ4n) is 9.92. The second-order valence-electron chi connectivity index (χ2n) is 13.4. The van der Waals surface area contributed by atoms with Crippen molar-refractivity contribution < 1.29 is 9.90 Å². The summed E-state index contributed by atoms with van der Waals surface area (Å²) in [6.45, 7) is 13.7. The molecule has 0 aromatic rings. The number of fused-ring (bicyclic) bond motifs is 5. The van der Waals surface area contributed by atoms with Gasteiger partial charge in [-0.2, -0.15) is 0 Å². The third-order valence-corrected chi connectivity index (χ3v) is 11.4. The molecule has 0 saturated heterocycles. The van der Waals surface area contributed by atoms with Gasteiger partial charge in [-0.05, 0) is 98.2 Å². The topological polar surface area (TPSA) is 37.3 Å². The third-order valence-electron chi connectivity index (χ3n) is 11.4. The van der Waals surface area contributed by atoms with E-state index in [9.17, 15) is 9.90 Å². The van der Waals surface area contributed by atoms with Gasteiger partial charge in [0.1, 0.15) is 5.60 Å². The summed E-state index contributed by atoms with van der Waals surface area (Å²) in [5.74, 6) is 4.30. The van der Waals surface area contributed by atoms with Gasteiger partial charge in [0, 0.05) is 5.92 Å². The van der Waals surface area contributed by atoms with Gasteiger partial charge in [0.2, 0.25) is 0 Å². The first-order valence-electron chi connectivity index (χ1n) is 13.8. The van der Waals surface area contributed by atoms with E-state index in [1.54, 1.807) is 6.92 Å². The molecular weight excluding hydrogens is 380 g/mol. The summed E-state index contributed by atoms with van der Waals surface area (Å²) >= 11 is 0. The van der Waals surface area contributed by atoms with Crippen molar-refractivity contribution in [2.45, 2.75) is 124 Å². The maximum atomic E-state index is 13.0. The van der Waals surface area contributed by atoms with Gasteiger partial charge in [0.05, 0.1) is 0 Å². The van der Waals surface area contributed by atoms with Crippen molar-refractivity contribution in [2.75, 3.05) is 0 Å². The van der Waals surface area contributed by atoms with Gasteiger partial charge >= 0.3 is 0 Å². The smallest absolute Gasteiger partial charge is 0.161 e. The van der Waals surface area contributed by atoms with Gasteiger partial charge in [-0.15, -0.1) is 0 Å². The lowest BCUT2D eigenvalue weighted by molar-refractivity contribution is -0.146. The van der Waals surface area contributed by atoms with E-state index in [1.807, 2.05) is 0 Å². The van der Waals surface area contributed by atoms with E-state index in [0.29, 0.717) is 17.3 Å². The Morgan fingerprint density at radius 2 is 1.68 bits per heavy atom. The first-order valence-corrected chi connectivity index (χ1v) is 13.8. The third kappa shape index (κ3) is 3.75. The molecule has 4 saturated carbocycles. The fourth-order valence-corrected chi connectivity index (χ4v) is 9.92. The summed E-state index contributed by atoms with van der Waals surface area (Å²) in [7, 11) is 0. The normalized spacial score (nSPS) is 48.1. The molecule has 4 fully saturated rings. The molecule has 0 amide bonds. The van der Waals surface area contributed by atoms with Crippen LogP contribution in [0.25, 0.3) is 0 Å². The van der Waals surface area contributed by atoms with Crippen molar-refractivity contribution in [3.05, 3.63) is 0 Å². The SMILES string of the molecule is CC(=O)C1(O)C[C@H]2[C@@H]3CCC4CCCC[C@]4(C)[C@H]3CC[C@]2(C)[C@H]1[C@H](C)CCCC(C)C. The Morgan fingerprint density at radius 3 is 2.35 bits per heavy atom. The second-order valence-corrected chi connectivity index (χ2v) is 13.4. The molecule has 0 radical (unpaired) electrons. The van der Waals surface area contributed by atoms with Crippen LogP contribution in [0.5, 0.6) is 0 Å². The van der Waals surface area contributed by atoms with Crippen molar-refractivity contribution in [1.29, 1.82) is 0 Å². The lowest BCUT2D eigenvalue weighted by Crippen LogP contribution is -2.53. The van der Waals surface area contributed by atoms with Crippen LogP contribution in [-0.2, 0) is 4.79 Å². The van der Waals surface area contributed by atoms with E-state index in [1.165, 1.54) is 64.2 Å². The van der Waals surface area contributed by atoms with Crippen LogP contribution in [0.2, 0.25) is 0 Å². The molecule has 4 aliphatic rings. The predicted molar refractivity (Wildman–Crippen MR) is 129 cm³/mol. The Hall–Kier alpha value is -0.370. The molecule has 4 aliphatic carbocycles. The molecule has 2 unspecified atom stereocenters. The highest BCUT2D eigenvalue weighted by atomic mass is 16.3. The summed E-state index contributed by atoms with van der Waals surface area (Å²) in [6, 6.07) is 0. The summed E-state index contributed by atoms with van der Waals surface area (Å²) in [5, 5.41) is 11.9. The van der Waals surface area contributed by atoms with Crippen LogP contribution in [0, 0.1) is 52.3 Å². The number of rotatable bonds is 6. The zero-order valence-corrected chi connectivity index (χ0v) is 21.4. The number of ketones is 1. The minimum Gasteiger partial charge on any atom is -0.382 e. The molecule has 0 aromatic heterocycles. The molecule has 4 rings (SSSR count). The minimum atomic E-state index is -1.10. The minimum absolute atomic E-state index is 0.0398. The molecule has 31 heavy (non-hydrogen) atoms. The lowest BCUT2D eigenvalue weighted by Gasteiger charge is -2.60. The Kier molecular flexibility index (Phi) is 6.48. The van der Waals surface area contributed by atoms with Crippen LogP contribution in [0.3, 0.4) is 0 Å². The molecule has 0 bridgehead atoms. The largest absolute Gasteiger partial charge is 0.382 e. The van der Waals surface area contributed by atoms with Crippen LogP contribution in [0.1, 0.15) is 119 Å². The highest BCUT2D eigenvalue weighted by Crippen LogP contribution is 2.70. The summed E-state index contributed by atoms with van der Waals surface area (Å²) in [5.41, 5.74) is -0.468. The maximum absolute atomic E-state index is 13.0. The fraction of sp³-hybridized carbons (Fsp3) is 0.966. The van der Waals surface area contributed by atoms with Gasteiger partial charge in [0.25, 0.3) is 0 Å². The number of hydrogen-bond acceptors (Lipinski definition) is 2. The van der Waals surface area contributed by atoms with Crippen molar-refractivity contribution in [2.24, 2.45) is 52.3 Å². The van der Waals surface area contributed by atoms with Crippen LogP contribution in [0.15, 0.2) is 0 Å². The standard InChI is InChI=1S/C29H50O2/c1-19(2)10-9-11-20(3)26-28(6)17-15-24-23(25(28)18-29(26,31)21(4)30)14-13-22-12-7-8-16-27(22,24)5/h19-20,22-26,31H,7-18H2,1-6H3/t20-,22?,23-,24+,25+,26-,27+,28+,29?/m1/s1. The molecular formula is C29H50O2. The molecule has 9 atom stereocenters. The number of Topliss-reactive ketones (excluding diaryl/α,β-unsaturated/α-hetero) is 1. The zero-order chi connectivity index (χ0) is 22.6. The molecule has 0 spiro atoms. The van der Waals surface area contributed by atoms with Crippen molar-refractivity contribution >= 4 is 5.78 Å². The highest BCUT2D eigenvalue weighted by Gasteiger charge is 2.67. The number of carbonyl (C=O) groups excluding carboxylic acids is 1. The highest BCUT2D eigenvalue weighted by molar-refractivity contribution is 5.85. The monoisotopic (exact) mass is 430 g/mol. The molecule has 178 valence electrons. The Labute approximate surface area is 192 Å². The number of aliphatic hydroxyl groups is 1. The van der Waals surface area contributed by atoms with Gasteiger partial charge in [-0.25, -0.2) is 0 Å². The van der Waals surface area contributed by atoms with E-state index in [2.05, 4.69) is 34.6 Å². The Bertz CT molecular complexity index is 670. The summed E-state index contributed by atoms with van der Waals surface area (Å²) < 4.78 is 0. The van der Waals surface area contributed by atoms with Gasteiger partial charge in [0.15, 0.2) is 5.78 Å². The van der Waals surface area contributed by atoms with Gasteiger partial charge in [-0.3, -0.25) is 4.79 Å². The second kappa shape index (κ2) is 8.44.